The van der Waals surface area contributed by atoms with E-state index in [-0.39, 0.29) is 30.1 Å². The van der Waals surface area contributed by atoms with Crippen LogP contribution in [0.2, 0.25) is 0 Å². The van der Waals surface area contributed by atoms with E-state index in [0.29, 0.717) is 59.2 Å². The second kappa shape index (κ2) is 16.4. The lowest BCUT2D eigenvalue weighted by Gasteiger charge is -2.09. The van der Waals surface area contributed by atoms with Crippen LogP contribution in [-0.2, 0) is 28.5 Å². The van der Waals surface area contributed by atoms with Crippen LogP contribution in [0.5, 0.6) is 0 Å². The summed E-state index contributed by atoms with van der Waals surface area (Å²) in [5.74, 6) is -0.0256. The molecule has 0 spiro atoms. The maximum Gasteiger partial charge on any atom is 0.220 e. The first kappa shape index (κ1) is 24.0. The Kier molecular flexibility index (Phi) is 15.8. The molecule has 1 amide bonds. The maximum absolute atomic E-state index is 11.5. The van der Waals surface area contributed by atoms with Crippen LogP contribution in [0.15, 0.2) is 0 Å². The molecule has 1 N–H and O–H groups in total. The zero-order valence-electron chi connectivity index (χ0n) is 16.2. The van der Waals surface area contributed by atoms with Crippen molar-refractivity contribution in [3.05, 3.63) is 0 Å². The molecule has 0 radical (unpaired) electrons. The van der Waals surface area contributed by atoms with Gasteiger partial charge in [0.25, 0.3) is 0 Å². The van der Waals surface area contributed by atoms with Crippen LogP contribution >= 0.6 is 0 Å². The molecule has 0 bridgehead atoms. The van der Waals surface area contributed by atoms with E-state index in [1.54, 1.807) is 0 Å². The number of nitrogens with one attached hydrogen (secondary N) is 1. The Bertz CT molecular complexity index is 346. The van der Waals surface area contributed by atoms with Gasteiger partial charge >= 0.3 is 0 Å². The molecule has 0 saturated heterocycles. The summed E-state index contributed by atoms with van der Waals surface area (Å²) in [6.45, 7) is 11.7. The molecule has 7 heteroatoms. The summed E-state index contributed by atoms with van der Waals surface area (Å²) >= 11 is 0. The quantitative estimate of drug-likeness (QED) is 0.396. The van der Waals surface area contributed by atoms with Crippen molar-refractivity contribution in [2.75, 3.05) is 52.8 Å². The van der Waals surface area contributed by atoms with Crippen LogP contribution in [-0.4, -0.2) is 70.6 Å². The lowest BCUT2D eigenvalue weighted by Crippen LogP contribution is -2.28. The van der Waals surface area contributed by atoms with Crippen LogP contribution in [0, 0.1) is 5.92 Å². The van der Waals surface area contributed by atoms with Gasteiger partial charge in [0.15, 0.2) is 0 Å². The molecule has 0 fully saturated rings. The average Bonchev–Trinajstić information content (AvgIpc) is 2.56. The fourth-order valence-electron chi connectivity index (χ4n) is 1.76. The number of rotatable bonds is 17. The van der Waals surface area contributed by atoms with Crippen molar-refractivity contribution in [3.63, 3.8) is 0 Å². The van der Waals surface area contributed by atoms with Gasteiger partial charge in [-0.1, -0.05) is 13.8 Å². The zero-order chi connectivity index (χ0) is 18.9. The predicted molar refractivity (Wildman–Crippen MR) is 95.6 cm³/mol. The van der Waals surface area contributed by atoms with E-state index < -0.39 is 0 Å². The largest absolute Gasteiger partial charge is 0.377 e. The summed E-state index contributed by atoms with van der Waals surface area (Å²) in [5, 5.41) is 2.73. The summed E-state index contributed by atoms with van der Waals surface area (Å²) in [6, 6.07) is 0. The van der Waals surface area contributed by atoms with Gasteiger partial charge in [-0.3, -0.25) is 9.59 Å². The van der Waals surface area contributed by atoms with E-state index in [9.17, 15) is 9.59 Å². The van der Waals surface area contributed by atoms with Crippen molar-refractivity contribution in [1.82, 2.24) is 5.32 Å². The van der Waals surface area contributed by atoms with Crippen LogP contribution in [0.1, 0.15) is 40.5 Å². The second-order valence-corrected chi connectivity index (χ2v) is 6.23. The Morgan fingerprint density at radius 2 is 1.28 bits per heavy atom. The Morgan fingerprint density at radius 3 is 1.80 bits per heavy atom. The average molecular weight is 361 g/mol. The third kappa shape index (κ3) is 17.6. The molecule has 0 rings (SSSR count). The number of carbonyl (C=O) groups excluding carboxylic acids is 2. The molecule has 148 valence electrons. The van der Waals surface area contributed by atoms with Crippen LogP contribution in [0.4, 0.5) is 0 Å². The van der Waals surface area contributed by atoms with Gasteiger partial charge in [-0.25, -0.2) is 0 Å². The molecule has 0 aromatic carbocycles. The highest BCUT2D eigenvalue weighted by molar-refractivity contribution is 5.85. The monoisotopic (exact) mass is 361 g/mol. The number of Topliss-reactive ketones (excluding diaryl/α,β-unsaturated/α-hetero) is 1. The summed E-state index contributed by atoms with van der Waals surface area (Å²) in [4.78, 5) is 22.9. The lowest BCUT2D eigenvalue weighted by atomic mass is 10.0. The number of amides is 1. The number of hydrogen-bond acceptors (Lipinski definition) is 6. The summed E-state index contributed by atoms with van der Waals surface area (Å²) in [6.07, 6.45) is 0.760. The maximum atomic E-state index is 11.5. The van der Waals surface area contributed by atoms with Crippen molar-refractivity contribution in [1.29, 1.82) is 0 Å². The highest BCUT2D eigenvalue weighted by atomic mass is 16.6. The van der Waals surface area contributed by atoms with Crippen molar-refractivity contribution in [2.24, 2.45) is 5.92 Å². The van der Waals surface area contributed by atoms with Crippen LogP contribution < -0.4 is 5.32 Å². The minimum atomic E-state index is -0.118. The molecule has 0 aliphatic heterocycles. The summed E-state index contributed by atoms with van der Waals surface area (Å²) < 4.78 is 21.4. The standard InChI is InChI=1S/C18H35NO6/c1-15(2)17(20)5-6-18(21)19-7-8-22-9-10-23-11-12-24-13-14-25-16(3)4/h15-16H,5-14H2,1-4H3,(H,19,21). The smallest absolute Gasteiger partial charge is 0.220 e. The fourth-order valence-corrected chi connectivity index (χ4v) is 1.76. The van der Waals surface area contributed by atoms with E-state index in [4.69, 9.17) is 18.9 Å². The SMILES string of the molecule is CC(C)OCCOCCOCCOCCNC(=O)CCC(=O)C(C)C. The van der Waals surface area contributed by atoms with Gasteiger partial charge in [0, 0.05) is 25.3 Å². The van der Waals surface area contributed by atoms with Gasteiger partial charge in [-0.2, -0.15) is 0 Å². The van der Waals surface area contributed by atoms with E-state index in [0.717, 1.165) is 0 Å². The Balaban J connectivity index is 3.23. The number of ketones is 1. The van der Waals surface area contributed by atoms with Gasteiger partial charge in [0.05, 0.1) is 52.4 Å². The Hall–Kier alpha value is -1.02. The molecule has 0 aromatic heterocycles. The van der Waals surface area contributed by atoms with Gasteiger partial charge in [-0.05, 0) is 13.8 Å². The third-order valence-electron chi connectivity index (χ3n) is 3.23. The highest BCUT2D eigenvalue weighted by Crippen LogP contribution is 2.01. The molecule has 0 unspecified atom stereocenters. The number of carbonyl (C=O) groups is 2. The topological polar surface area (TPSA) is 83.1 Å². The third-order valence-corrected chi connectivity index (χ3v) is 3.23. The summed E-state index contributed by atoms with van der Waals surface area (Å²) in [5.41, 5.74) is 0. The first-order valence-corrected chi connectivity index (χ1v) is 9.07. The van der Waals surface area contributed by atoms with E-state index in [2.05, 4.69) is 5.32 Å². The molecule has 0 aliphatic rings. The van der Waals surface area contributed by atoms with Gasteiger partial charge in [0.2, 0.25) is 5.91 Å². The lowest BCUT2D eigenvalue weighted by molar-refractivity contribution is -0.126. The Labute approximate surface area is 151 Å². The fraction of sp³-hybridized carbons (Fsp3) is 0.889. The first-order valence-electron chi connectivity index (χ1n) is 9.07. The number of hydrogen-bond donors (Lipinski definition) is 1. The zero-order valence-corrected chi connectivity index (χ0v) is 16.2. The van der Waals surface area contributed by atoms with Crippen LogP contribution in [0.25, 0.3) is 0 Å². The van der Waals surface area contributed by atoms with Crippen molar-refractivity contribution < 1.29 is 28.5 Å². The van der Waals surface area contributed by atoms with Gasteiger partial charge in [0.1, 0.15) is 5.78 Å². The van der Waals surface area contributed by atoms with E-state index in [1.807, 2.05) is 27.7 Å². The van der Waals surface area contributed by atoms with Crippen LogP contribution in [0.3, 0.4) is 0 Å². The normalized spacial score (nSPS) is 11.3. The van der Waals surface area contributed by atoms with Crippen molar-refractivity contribution >= 4 is 11.7 Å². The Morgan fingerprint density at radius 1 is 0.760 bits per heavy atom. The molecule has 0 atom stereocenters. The molecule has 0 saturated carbocycles. The predicted octanol–water partition coefficient (Wildman–Crippen LogP) is 1.58. The minimum absolute atomic E-state index is 0.0186. The van der Waals surface area contributed by atoms with Gasteiger partial charge < -0.3 is 24.3 Å². The van der Waals surface area contributed by atoms with Crippen molar-refractivity contribution in [2.45, 2.75) is 46.6 Å². The highest BCUT2D eigenvalue weighted by Gasteiger charge is 2.09. The second-order valence-electron chi connectivity index (χ2n) is 6.23. The molecule has 7 nitrogen and oxygen atoms in total. The molecular weight excluding hydrogens is 326 g/mol. The van der Waals surface area contributed by atoms with E-state index in [1.165, 1.54) is 0 Å². The number of ether oxygens (including phenoxy) is 4. The molecule has 0 aromatic rings. The molecule has 0 heterocycles. The minimum Gasteiger partial charge on any atom is -0.377 e. The van der Waals surface area contributed by atoms with Gasteiger partial charge in [-0.15, -0.1) is 0 Å². The van der Waals surface area contributed by atoms with E-state index >= 15 is 0 Å². The molecule has 25 heavy (non-hydrogen) atoms. The summed E-state index contributed by atoms with van der Waals surface area (Å²) in [7, 11) is 0. The van der Waals surface area contributed by atoms with Crippen molar-refractivity contribution in [3.8, 4) is 0 Å². The molecular formula is C18H35NO6. The first-order chi connectivity index (χ1) is 11.9. The molecule has 0 aliphatic carbocycles.